The fourth-order valence-corrected chi connectivity index (χ4v) is 3.86. The number of benzene rings is 2. The molecule has 0 spiro atoms. The van der Waals surface area contributed by atoms with Crippen LogP contribution < -0.4 is 19.9 Å². The van der Waals surface area contributed by atoms with Gasteiger partial charge >= 0.3 is 0 Å². The third kappa shape index (κ3) is 3.72. The summed E-state index contributed by atoms with van der Waals surface area (Å²) in [5, 5.41) is 0.650. The largest absolute Gasteiger partial charge is 0.493 e. The minimum Gasteiger partial charge on any atom is -0.493 e. The Bertz CT molecular complexity index is 957. The Balaban J connectivity index is 2.02. The van der Waals surface area contributed by atoms with Crippen LogP contribution in [0.1, 0.15) is 15.2 Å². The number of hydrogen-bond acceptors (Lipinski definition) is 6. The van der Waals surface area contributed by atoms with Gasteiger partial charge in [0.25, 0.3) is 0 Å². The zero-order valence-electron chi connectivity index (χ0n) is 15.0. The van der Waals surface area contributed by atoms with E-state index in [0.29, 0.717) is 38.4 Å². The number of rotatable bonds is 6. The van der Waals surface area contributed by atoms with Crippen molar-refractivity contribution in [3.8, 4) is 27.7 Å². The molecule has 0 fully saturated rings. The molecule has 0 saturated carbocycles. The van der Waals surface area contributed by atoms with Crippen molar-refractivity contribution in [2.24, 2.45) is 0 Å². The first-order chi connectivity index (χ1) is 13.0. The second-order valence-corrected chi connectivity index (χ2v) is 7.13. The molecule has 27 heavy (non-hydrogen) atoms. The maximum absolute atomic E-state index is 13.1. The van der Waals surface area contributed by atoms with Crippen molar-refractivity contribution in [1.29, 1.82) is 0 Å². The summed E-state index contributed by atoms with van der Waals surface area (Å²) < 4.78 is 15.9. The maximum atomic E-state index is 13.1. The highest BCUT2D eigenvalue weighted by atomic mass is 35.5. The number of hydrogen-bond donors (Lipinski definition) is 1. The molecule has 3 rings (SSSR count). The molecular weight excluding hydrogens is 386 g/mol. The predicted molar refractivity (Wildman–Crippen MR) is 109 cm³/mol. The molecular formula is C20H18ClNO4S. The lowest BCUT2D eigenvalue weighted by Gasteiger charge is -2.13. The molecule has 2 N–H and O–H groups in total. The summed E-state index contributed by atoms with van der Waals surface area (Å²) >= 11 is 7.27. The summed E-state index contributed by atoms with van der Waals surface area (Å²) in [6.07, 6.45) is 0. The van der Waals surface area contributed by atoms with E-state index in [2.05, 4.69) is 0 Å². The first-order valence-electron chi connectivity index (χ1n) is 7.98. The maximum Gasteiger partial charge on any atom is 0.205 e. The van der Waals surface area contributed by atoms with Crippen molar-refractivity contribution in [2.45, 2.75) is 0 Å². The Morgan fingerprint density at radius 3 is 2.07 bits per heavy atom. The lowest BCUT2D eigenvalue weighted by molar-refractivity contribution is 0.104. The van der Waals surface area contributed by atoms with Gasteiger partial charge in [-0.3, -0.25) is 4.79 Å². The van der Waals surface area contributed by atoms with Gasteiger partial charge in [0.2, 0.25) is 11.5 Å². The second kappa shape index (κ2) is 7.90. The highest BCUT2D eigenvalue weighted by Gasteiger charge is 2.21. The highest BCUT2D eigenvalue weighted by molar-refractivity contribution is 7.18. The number of ether oxygens (including phenoxy) is 3. The zero-order chi connectivity index (χ0) is 19.6. The number of ketones is 1. The Morgan fingerprint density at radius 1 is 0.963 bits per heavy atom. The van der Waals surface area contributed by atoms with Crippen LogP contribution in [0, 0.1) is 0 Å². The van der Waals surface area contributed by atoms with Gasteiger partial charge in [-0.2, -0.15) is 0 Å². The number of anilines is 1. The number of thiophene rings is 1. The van der Waals surface area contributed by atoms with Gasteiger partial charge in [-0.25, -0.2) is 0 Å². The fourth-order valence-electron chi connectivity index (χ4n) is 2.68. The van der Waals surface area contributed by atoms with E-state index in [0.717, 1.165) is 10.4 Å². The van der Waals surface area contributed by atoms with Crippen LogP contribution in [0.2, 0.25) is 5.02 Å². The Hall–Kier alpha value is -2.70. The number of methoxy groups -OCH3 is 3. The van der Waals surface area contributed by atoms with Crippen molar-refractivity contribution in [3.05, 3.63) is 57.9 Å². The molecule has 140 valence electrons. The van der Waals surface area contributed by atoms with Crippen LogP contribution in [-0.4, -0.2) is 27.1 Å². The first-order valence-corrected chi connectivity index (χ1v) is 9.18. The summed E-state index contributed by atoms with van der Waals surface area (Å²) in [5.74, 6) is 1.04. The van der Waals surface area contributed by atoms with Gasteiger partial charge in [0.15, 0.2) is 11.5 Å². The molecule has 0 unspecified atom stereocenters. The zero-order valence-corrected chi connectivity index (χ0v) is 16.6. The van der Waals surface area contributed by atoms with E-state index in [1.54, 1.807) is 30.3 Å². The van der Waals surface area contributed by atoms with Gasteiger partial charge in [0.05, 0.1) is 31.9 Å². The minimum absolute atomic E-state index is 0.211. The lowest BCUT2D eigenvalue weighted by Crippen LogP contribution is -2.04. The van der Waals surface area contributed by atoms with Crippen molar-refractivity contribution < 1.29 is 19.0 Å². The molecule has 0 aliphatic heterocycles. The summed E-state index contributed by atoms with van der Waals surface area (Å²) in [6, 6.07) is 12.4. The third-order valence-electron chi connectivity index (χ3n) is 4.02. The third-order valence-corrected chi connectivity index (χ3v) is 5.47. The molecule has 0 atom stereocenters. The van der Waals surface area contributed by atoms with Crippen LogP contribution in [0.3, 0.4) is 0 Å². The van der Waals surface area contributed by atoms with Gasteiger partial charge in [-0.1, -0.05) is 23.7 Å². The van der Waals surface area contributed by atoms with Crippen LogP contribution in [0.15, 0.2) is 42.5 Å². The molecule has 0 aliphatic carbocycles. The van der Waals surface area contributed by atoms with Gasteiger partial charge in [-0.05, 0) is 35.9 Å². The van der Waals surface area contributed by atoms with E-state index < -0.39 is 0 Å². The van der Waals surface area contributed by atoms with E-state index in [1.165, 1.54) is 32.7 Å². The van der Waals surface area contributed by atoms with E-state index in [-0.39, 0.29) is 5.78 Å². The SMILES string of the molecule is COc1cc(C(=O)c2sc(-c3ccc(Cl)cc3)cc2N)cc(OC)c1OC. The monoisotopic (exact) mass is 403 g/mol. The molecule has 0 saturated heterocycles. The molecule has 3 aromatic rings. The molecule has 7 heteroatoms. The molecule has 1 aromatic heterocycles. The lowest BCUT2D eigenvalue weighted by atomic mass is 10.1. The van der Waals surface area contributed by atoms with Gasteiger partial charge in [0.1, 0.15) is 0 Å². The van der Waals surface area contributed by atoms with E-state index in [9.17, 15) is 4.79 Å². The van der Waals surface area contributed by atoms with Crippen LogP contribution >= 0.6 is 22.9 Å². The summed E-state index contributed by atoms with van der Waals surface area (Å²) in [7, 11) is 4.52. The molecule has 5 nitrogen and oxygen atoms in total. The second-order valence-electron chi connectivity index (χ2n) is 5.65. The van der Waals surface area contributed by atoms with Crippen molar-refractivity contribution in [3.63, 3.8) is 0 Å². The Labute approximate surface area is 166 Å². The molecule has 0 amide bonds. The summed E-state index contributed by atoms with van der Waals surface area (Å²) in [4.78, 5) is 14.4. The van der Waals surface area contributed by atoms with E-state index >= 15 is 0 Å². The molecule has 0 aliphatic rings. The minimum atomic E-state index is -0.211. The smallest absolute Gasteiger partial charge is 0.205 e. The van der Waals surface area contributed by atoms with E-state index in [1.807, 2.05) is 12.1 Å². The average Bonchev–Trinajstić information content (AvgIpc) is 3.08. The molecule has 2 aromatic carbocycles. The molecule has 0 radical (unpaired) electrons. The van der Waals surface area contributed by atoms with Crippen LogP contribution in [0.5, 0.6) is 17.2 Å². The summed E-state index contributed by atoms with van der Waals surface area (Å²) in [6.45, 7) is 0. The quantitative estimate of drug-likeness (QED) is 0.592. The fraction of sp³-hybridized carbons (Fsp3) is 0.150. The Morgan fingerprint density at radius 2 is 1.56 bits per heavy atom. The normalized spacial score (nSPS) is 10.5. The predicted octanol–water partition coefficient (Wildman–Crippen LogP) is 4.91. The van der Waals surface area contributed by atoms with Gasteiger partial charge in [0, 0.05) is 15.5 Å². The standard InChI is InChI=1S/C20H18ClNO4S/c1-24-15-8-12(9-16(25-2)19(15)26-3)18(23)20-14(22)10-17(27-20)11-4-6-13(21)7-5-11/h4-10H,22H2,1-3H3. The topological polar surface area (TPSA) is 70.8 Å². The number of nitrogens with two attached hydrogens (primary N) is 1. The molecule has 1 heterocycles. The van der Waals surface area contributed by atoms with Crippen molar-refractivity contribution >= 4 is 34.4 Å². The number of carbonyl (C=O) groups excluding carboxylic acids is 1. The first kappa shape index (κ1) is 19.1. The number of halogens is 1. The number of nitrogen functional groups attached to an aromatic ring is 1. The Kier molecular flexibility index (Phi) is 5.58. The van der Waals surface area contributed by atoms with Crippen LogP contribution in [0.25, 0.3) is 10.4 Å². The molecule has 0 bridgehead atoms. The van der Waals surface area contributed by atoms with E-state index in [4.69, 9.17) is 31.5 Å². The van der Waals surface area contributed by atoms with Crippen LogP contribution in [0.4, 0.5) is 5.69 Å². The highest BCUT2D eigenvalue weighted by Crippen LogP contribution is 2.40. The summed E-state index contributed by atoms with van der Waals surface area (Å²) in [5.41, 5.74) is 7.89. The van der Waals surface area contributed by atoms with Crippen molar-refractivity contribution in [2.75, 3.05) is 27.1 Å². The number of carbonyl (C=O) groups is 1. The van der Waals surface area contributed by atoms with Gasteiger partial charge < -0.3 is 19.9 Å². The average molecular weight is 404 g/mol. The van der Waals surface area contributed by atoms with Crippen LogP contribution in [-0.2, 0) is 0 Å². The van der Waals surface area contributed by atoms with Gasteiger partial charge in [-0.15, -0.1) is 11.3 Å². The van der Waals surface area contributed by atoms with Crippen molar-refractivity contribution in [1.82, 2.24) is 0 Å².